The summed E-state index contributed by atoms with van der Waals surface area (Å²) in [5, 5.41) is 21.0. The van der Waals surface area contributed by atoms with Crippen LogP contribution in [0.3, 0.4) is 0 Å². The number of aromatic hydroxyl groups is 1. The molecule has 0 aliphatic carbocycles. The van der Waals surface area contributed by atoms with Crippen molar-refractivity contribution in [3.8, 4) is 11.5 Å². The van der Waals surface area contributed by atoms with Crippen LogP contribution in [0.15, 0.2) is 48.7 Å². The van der Waals surface area contributed by atoms with Crippen LogP contribution < -0.4 is 4.74 Å². The standard InChI is InChI=1S/C21H27NO4.C3H6/c1-4-6-7-9-22-14(3)16(5-2)21(13-23,20(22)25)17-11-15-8-10-26-19(15)12-18(17)24;1-3-2/h5,11-12,23-24H,3-4,6-10,13H2,1-2H3;3H,1H2,2H3/b16-5+;. The van der Waals surface area contributed by atoms with Crippen molar-refractivity contribution in [2.45, 2.75) is 51.9 Å². The number of rotatable bonds is 6. The molecule has 2 heterocycles. The smallest absolute Gasteiger partial charge is 0.244 e. The van der Waals surface area contributed by atoms with E-state index in [4.69, 9.17) is 4.74 Å². The summed E-state index contributed by atoms with van der Waals surface area (Å²) in [7, 11) is 0. The van der Waals surface area contributed by atoms with E-state index in [0.29, 0.717) is 35.7 Å². The minimum absolute atomic E-state index is 0.0318. The summed E-state index contributed by atoms with van der Waals surface area (Å²) in [6.45, 7) is 14.0. The monoisotopic (exact) mass is 399 g/mol. The number of likely N-dealkylation sites (tertiary alicyclic amines) is 1. The maximum absolute atomic E-state index is 13.4. The molecule has 158 valence electrons. The summed E-state index contributed by atoms with van der Waals surface area (Å²) in [5.41, 5.74) is 1.35. The summed E-state index contributed by atoms with van der Waals surface area (Å²) in [5.74, 6) is 0.393. The Balaban J connectivity index is 0.000000941. The van der Waals surface area contributed by atoms with Crippen molar-refractivity contribution in [1.29, 1.82) is 0 Å². The van der Waals surface area contributed by atoms with E-state index in [1.807, 2.05) is 19.9 Å². The van der Waals surface area contributed by atoms with Crippen LogP contribution in [0.5, 0.6) is 11.5 Å². The summed E-state index contributed by atoms with van der Waals surface area (Å²) >= 11 is 0. The highest BCUT2D eigenvalue weighted by Crippen LogP contribution is 2.49. The van der Waals surface area contributed by atoms with E-state index < -0.39 is 12.0 Å². The fraction of sp³-hybridized carbons (Fsp3) is 0.458. The Hall–Kier alpha value is -2.53. The molecule has 1 fully saturated rings. The lowest BCUT2D eigenvalue weighted by Gasteiger charge is -2.28. The van der Waals surface area contributed by atoms with Crippen molar-refractivity contribution >= 4 is 5.91 Å². The third-order valence-electron chi connectivity index (χ3n) is 5.49. The Morgan fingerprint density at radius 3 is 2.59 bits per heavy atom. The average molecular weight is 400 g/mol. The van der Waals surface area contributed by atoms with Gasteiger partial charge in [-0.1, -0.05) is 38.5 Å². The number of carbonyl (C=O) groups excluding carboxylic acids is 1. The van der Waals surface area contributed by atoms with Gasteiger partial charge in [0.15, 0.2) is 0 Å². The van der Waals surface area contributed by atoms with Crippen LogP contribution in [-0.4, -0.2) is 40.8 Å². The first-order valence-corrected chi connectivity index (χ1v) is 10.3. The number of unbranched alkanes of at least 4 members (excludes halogenated alkanes) is 2. The molecule has 2 aliphatic rings. The summed E-state index contributed by atoms with van der Waals surface area (Å²) < 4.78 is 5.50. The van der Waals surface area contributed by atoms with Gasteiger partial charge in [-0.05, 0) is 37.5 Å². The summed E-state index contributed by atoms with van der Waals surface area (Å²) in [4.78, 5) is 15.1. The zero-order valence-corrected chi connectivity index (χ0v) is 17.8. The number of ether oxygens (including phenoxy) is 1. The number of aliphatic hydroxyl groups is 1. The quantitative estimate of drug-likeness (QED) is 0.554. The molecule has 2 N–H and O–H groups in total. The second kappa shape index (κ2) is 9.79. The number of phenols is 1. The summed E-state index contributed by atoms with van der Waals surface area (Å²) in [6, 6.07) is 3.36. The third kappa shape index (κ3) is 3.97. The van der Waals surface area contributed by atoms with Crippen LogP contribution >= 0.6 is 0 Å². The molecule has 0 aromatic heterocycles. The van der Waals surface area contributed by atoms with Gasteiger partial charge in [-0.15, -0.1) is 6.58 Å². The second-order valence-electron chi connectivity index (χ2n) is 7.36. The van der Waals surface area contributed by atoms with Gasteiger partial charge in [0.2, 0.25) is 5.91 Å². The molecule has 3 rings (SSSR count). The molecular formula is C24H33NO4. The highest BCUT2D eigenvalue weighted by molar-refractivity contribution is 6.00. The van der Waals surface area contributed by atoms with Gasteiger partial charge >= 0.3 is 0 Å². The van der Waals surface area contributed by atoms with Gasteiger partial charge in [0.05, 0.1) is 13.2 Å². The van der Waals surface area contributed by atoms with Crippen molar-refractivity contribution in [2.24, 2.45) is 0 Å². The zero-order valence-electron chi connectivity index (χ0n) is 17.8. The van der Waals surface area contributed by atoms with Crippen molar-refractivity contribution in [1.82, 2.24) is 4.90 Å². The molecule has 1 aromatic carbocycles. The molecule has 1 saturated heterocycles. The predicted molar refractivity (Wildman–Crippen MR) is 116 cm³/mol. The number of carbonyl (C=O) groups is 1. The van der Waals surface area contributed by atoms with Crippen molar-refractivity contribution in [2.75, 3.05) is 19.8 Å². The Morgan fingerprint density at radius 1 is 1.31 bits per heavy atom. The number of phenolic OH excluding ortho intramolecular Hbond substituents is 1. The minimum Gasteiger partial charge on any atom is -0.507 e. The first kappa shape index (κ1) is 22.8. The minimum atomic E-state index is -1.31. The Labute approximate surface area is 174 Å². The van der Waals surface area contributed by atoms with Crippen molar-refractivity contribution in [3.05, 3.63) is 59.8 Å². The number of aliphatic hydroxyl groups excluding tert-OH is 1. The van der Waals surface area contributed by atoms with Gasteiger partial charge in [-0.3, -0.25) is 4.79 Å². The molecule has 1 amide bonds. The van der Waals surface area contributed by atoms with Gasteiger partial charge in [0.25, 0.3) is 0 Å². The third-order valence-corrected chi connectivity index (χ3v) is 5.49. The largest absolute Gasteiger partial charge is 0.507 e. The maximum Gasteiger partial charge on any atom is 0.244 e. The summed E-state index contributed by atoms with van der Waals surface area (Å²) in [6.07, 6.45) is 7.26. The fourth-order valence-corrected chi connectivity index (χ4v) is 4.08. The molecule has 1 atom stereocenters. The lowest BCUT2D eigenvalue weighted by atomic mass is 9.74. The molecular weight excluding hydrogens is 366 g/mol. The number of fused-ring (bicyclic) bond motifs is 1. The number of amides is 1. The van der Waals surface area contributed by atoms with E-state index in [1.165, 1.54) is 0 Å². The van der Waals surface area contributed by atoms with Crippen LogP contribution in [0.1, 0.15) is 51.2 Å². The molecule has 0 saturated carbocycles. The van der Waals surface area contributed by atoms with Gasteiger partial charge < -0.3 is 19.8 Å². The molecule has 0 spiro atoms. The van der Waals surface area contributed by atoms with E-state index in [0.717, 1.165) is 31.2 Å². The predicted octanol–water partition coefficient (Wildman–Crippen LogP) is 4.24. The zero-order chi connectivity index (χ0) is 21.6. The lowest BCUT2D eigenvalue weighted by molar-refractivity contribution is -0.132. The number of allylic oxidation sites excluding steroid dienone is 3. The molecule has 5 nitrogen and oxygen atoms in total. The SMILES string of the molecule is C=C1/C(=C\C)C(CO)(c2cc3c(cc2O)OCC3)C(=O)N1CCCCC.C=CC. The first-order chi connectivity index (χ1) is 13.9. The number of hydrogen-bond acceptors (Lipinski definition) is 4. The molecule has 0 bridgehead atoms. The Kier molecular flexibility index (Phi) is 7.68. The first-order valence-electron chi connectivity index (χ1n) is 10.3. The number of nitrogens with zero attached hydrogens (tertiary/aromatic N) is 1. The highest BCUT2D eigenvalue weighted by atomic mass is 16.5. The molecule has 1 aromatic rings. The van der Waals surface area contributed by atoms with Gasteiger partial charge in [0, 0.05) is 30.3 Å². The highest BCUT2D eigenvalue weighted by Gasteiger charge is 2.54. The number of benzene rings is 1. The Morgan fingerprint density at radius 2 is 2.00 bits per heavy atom. The van der Waals surface area contributed by atoms with E-state index in [-0.39, 0.29) is 11.7 Å². The van der Waals surface area contributed by atoms with Crippen LogP contribution in [0.25, 0.3) is 0 Å². The molecule has 29 heavy (non-hydrogen) atoms. The molecule has 2 aliphatic heterocycles. The van der Waals surface area contributed by atoms with E-state index in [9.17, 15) is 15.0 Å². The normalized spacial score (nSPS) is 21.7. The van der Waals surface area contributed by atoms with Crippen LogP contribution in [-0.2, 0) is 16.6 Å². The topological polar surface area (TPSA) is 70.0 Å². The second-order valence-corrected chi connectivity index (χ2v) is 7.36. The van der Waals surface area contributed by atoms with Crippen molar-refractivity contribution in [3.63, 3.8) is 0 Å². The van der Waals surface area contributed by atoms with Crippen LogP contribution in [0.2, 0.25) is 0 Å². The average Bonchev–Trinajstić information content (AvgIpc) is 3.23. The molecule has 5 heteroatoms. The van der Waals surface area contributed by atoms with Crippen LogP contribution in [0, 0.1) is 0 Å². The van der Waals surface area contributed by atoms with Crippen molar-refractivity contribution < 1.29 is 19.7 Å². The molecule has 1 unspecified atom stereocenters. The van der Waals surface area contributed by atoms with Gasteiger partial charge in [0.1, 0.15) is 16.9 Å². The molecule has 0 radical (unpaired) electrons. The maximum atomic E-state index is 13.4. The number of hydrogen-bond donors (Lipinski definition) is 2. The van der Waals surface area contributed by atoms with Crippen LogP contribution in [0.4, 0.5) is 0 Å². The fourth-order valence-electron chi connectivity index (χ4n) is 4.08. The van der Waals surface area contributed by atoms with E-state index >= 15 is 0 Å². The Bertz CT molecular complexity index is 811. The van der Waals surface area contributed by atoms with Gasteiger partial charge in [-0.2, -0.15) is 0 Å². The van der Waals surface area contributed by atoms with Gasteiger partial charge in [-0.25, -0.2) is 0 Å². The van der Waals surface area contributed by atoms with E-state index in [2.05, 4.69) is 20.1 Å². The lowest BCUT2D eigenvalue weighted by Crippen LogP contribution is -2.42. The van der Waals surface area contributed by atoms with E-state index in [1.54, 1.807) is 23.1 Å².